The lowest BCUT2D eigenvalue weighted by Gasteiger charge is -2.18. The van der Waals surface area contributed by atoms with Crippen molar-refractivity contribution in [2.24, 2.45) is 10.9 Å². The highest BCUT2D eigenvalue weighted by Gasteiger charge is 2.06. The maximum Gasteiger partial charge on any atom is 0.191 e. The maximum absolute atomic E-state index is 4.26. The molecule has 0 fully saturated rings. The number of nitrogens with zero attached hydrogens (tertiary/aromatic N) is 1. The molecule has 1 unspecified atom stereocenters. The van der Waals surface area contributed by atoms with Gasteiger partial charge in [-0.3, -0.25) is 4.99 Å². The minimum atomic E-state index is 0.262. The topological polar surface area (TPSA) is 36.4 Å². The molecule has 0 radical (unpaired) electrons. The van der Waals surface area contributed by atoms with Crippen LogP contribution in [-0.2, 0) is 0 Å². The van der Waals surface area contributed by atoms with Crippen molar-refractivity contribution in [3.05, 3.63) is 35.9 Å². The monoisotopic (exact) mass is 261 g/mol. The molecule has 1 rings (SSSR count). The zero-order valence-electron chi connectivity index (χ0n) is 12.6. The number of guanidine groups is 1. The van der Waals surface area contributed by atoms with Crippen molar-refractivity contribution < 1.29 is 0 Å². The molecular formula is C16H27N3. The van der Waals surface area contributed by atoms with Crippen molar-refractivity contribution in [3.8, 4) is 0 Å². The molecule has 0 saturated carbocycles. The van der Waals surface area contributed by atoms with Crippen LogP contribution in [0.25, 0.3) is 0 Å². The molecule has 1 aromatic rings. The third kappa shape index (κ3) is 6.27. The second-order valence-corrected chi connectivity index (χ2v) is 5.31. The van der Waals surface area contributed by atoms with Gasteiger partial charge < -0.3 is 10.6 Å². The molecule has 0 saturated heterocycles. The molecule has 3 heteroatoms. The summed E-state index contributed by atoms with van der Waals surface area (Å²) in [4.78, 5) is 4.26. The van der Waals surface area contributed by atoms with E-state index in [2.05, 4.69) is 60.7 Å². The van der Waals surface area contributed by atoms with Gasteiger partial charge in [-0.15, -0.1) is 0 Å². The standard InChI is InChI=1S/C16H27N3/c1-13(2)9-8-12-18-16(17-4)19-14(3)15-10-6-5-7-11-15/h5-7,10-11,13-14H,8-9,12H2,1-4H3,(H2,17,18,19). The van der Waals surface area contributed by atoms with Crippen molar-refractivity contribution in [1.29, 1.82) is 0 Å². The Morgan fingerprint density at radius 1 is 1.16 bits per heavy atom. The molecule has 0 bridgehead atoms. The molecule has 0 spiro atoms. The van der Waals surface area contributed by atoms with E-state index in [9.17, 15) is 0 Å². The fourth-order valence-corrected chi connectivity index (χ4v) is 1.94. The van der Waals surface area contributed by atoms with Crippen LogP contribution in [0.4, 0.5) is 0 Å². The number of nitrogens with one attached hydrogen (secondary N) is 2. The first kappa shape index (κ1) is 15.5. The van der Waals surface area contributed by atoms with Gasteiger partial charge in [-0.2, -0.15) is 0 Å². The smallest absolute Gasteiger partial charge is 0.191 e. The highest BCUT2D eigenvalue weighted by Crippen LogP contribution is 2.10. The molecule has 1 atom stereocenters. The van der Waals surface area contributed by atoms with Gasteiger partial charge in [0.2, 0.25) is 0 Å². The van der Waals surface area contributed by atoms with E-state index in [-0.39, 0.29) is 6.04 Å². The van der Waals surface area contributed by atoms with E-state index in [1.165, 1.54) is 18.4 Å². The fraction of sp³-hybridized carbons (Fsp3) is 0.562. The van der Waals surface area contributed by atoms with Crippen LogP contribution >= 0.6 is 0 Å². The Morgan fingerprint density at radius 3 is 2.42 bits per heavy atom. The van der Waals surface area contributed by atoms with Gasteiger partial charge in [-0.25, -0.2) is 0 Å². The molecule has 3 nitrogen and oxygen atoms in total. The third-order valence-corrected chi connectivity index (χ3v) is 3.13. The quantitative estimate of drug-likeness (QED) is 0.468. The molecule has 0 heterocycles. The molecular weight excluding hydrogens is 234 g/mol. The molecule has 19 heavy (non-hydrogen) atoms. The summed E-state index contributed by atoms with van der Waals surface area (Å²) in [6.45, 7) is 7.63. The van der Waals surface area contributed by atoms with Gasteiger partial charge in [0.15, 0.2) is 5.96 Å². The van der Waals surface area contributed by atoms with Crippen LogP contribution in [0.15, 0.2) is 35.3 Å². The maximum atomic E-state index is 4.26. The molecule has 0 aliphatic rings. The van der Waals surface area contributed by atoms with Gasteiger partial charge in [0.1, 0.15) is 0 Å². The van der Waals surface area contributed by atoms with Gasteiger partial charge >= 0.3 is 0 Å². The molecule has 106 valence electrons. The van der Waals surface area contributed by atoms with E-state index < -0.39 is 0 Å². The third-order valence-electron chi connectivity index (χ3n) is 3.13. The zero-order valence-corrected chi connectivity index (χ0v) is 12.6. The normalized spacial score (nSPS) is 13.4. The summed E-state index contributed by atoms with van der Waals surface area (Å²) in [5, 5.41) is 6.77. The first-order valence-corrected chi connectivity index (χ1v) is 7.15. The van der Waals surface area contributed by atoms with Crippen molar-refractivity contribution in [2.45, 2.75) is 39.7 Å². The fourth-order valence-electron chi connectivity index (χ4n) is 1.94. The Hall–Kier alpha value is -1.51. The first-order chi connectivity index (χ1) is 9.13. The van der Waals surface area contributed by atoms with E-state index in [1.807, 2.05) is 13.1 Å². The van der Waals surface area contributed by atoms with E-state index in [0.717, 1.165) is 18.4 Å². The van der Waals surface area contributed by atoms with Crippen molar-refractivity contribution in [2.75, 3.05) is 13.6 Å². The number of hydrogen-bond acceptors (Lipinski definition) is 1. The van der Waals surface area contributed by atoms with Crippen molar-refractivity contribution in [3.63, 3.8) is 0 Å². The first-order valence-electron chi connectivity index (χ1n) is 7.15. The number of aliphatic imine (C=N–C) groups is 1. The minimum absolute atomic E-state index is 0.262. The number of rotatable bonds is 6. The summed E-state index contributed by atoms with van der Waals surface area (Å²) < 4.78 is 0. The summed E-state index contributed by atoms with van der Waals surface area (Å²) in [6.07, 6.45) is 2.43. The van der Waals surface area contributed by atoms with Crippen LogP contribution in [0.5, 0.6) is 0 Å². The van der Waals surface area contributed by atoms with Gasteiger partial charge in [0.05, 0.1) is 6.04 Å². The second-order valence-electron chi connectivity index (χ2n) is 5.31. The Labute approximate surface area is 117 Å². The molecule has 0 aliphatic carbocycles. The Morgan fingerprint density at radius 2 is 1.84 bits per heavy atom. The Balaban J connectivity index is 2.36. The van der Waals surface area contributed by atoms with Crippen molar-refractivity contribution in [1.82, 2.24) is 10.6 Å². The van der Waals surface area contributed by atoms with E-state index in [0.29, 0.717) is 0 Å². The Bertz CT molecular complexity index is 371. The number of hydrogen-bond donors (Lipinski definition) is 2. The predicted molar refractivity (Wildman–Crippen MR) is 83.4 cm³/mol. The molecule has 1 aromatic carbocycles. The minimum Gasteiger partial charge on any atom is -0.356 e. The molecule has 2 N–H and O–H groups in total. The van der Waals surface area contributed by atoms with Crippen LogP contribution in [0.2, 0.25) is 0 Å². The summed E-state index contributed by atoms with van der Waals surface area (Å²) in [7, 11) is 1.81. The summed E-state index contributed by atoms with van der Waals surface area (Å²) in [6, 6.07) is 10.7. The van der Waals surface area contributed by atoms with Gasteiger partial charge in [0, 0.05) is 13.6 Å². The highest BCUT2D eigenvalue weighted by molar-refractivity contribution is 5.80. The summed E-state index contributed by atoms with van der Waals surface area (Å²) in [5.41, 5.74) is 1.27. The largest absolute Gasteiger partial charge is 0.356 e. The lowest BCUT2D eigenvalue weighted by molar-refractivity contribution is 0.547. The van der Waals surface area contributed by atoms with Crippen LogP contribution in [-0.4, -0.2) is 19.6 Å². The SMILES string of the molecule is CN=C(NCCCC(C)C)NC(C)c1ccccc1. The summed E-state index contributed by atoms with van der Waals surface area (Å²) in [5.74, 6) is 1.64. The van der Waals surface area contributed by atoms with Crippen LogP contribution in [0.3, 0.4) is 0 Å². The van der Waals surface area contributed by atoms with E-state index in [4.69, 9.17) is 0 Å². The van der Waals surface area contributed by atoms with E-state index in [1.54, 1.807) is 0 Å². The summed E-state index contributed by atoms with van der Waals surface area (Å²) >= 11 is 0. The van der Waals surface area contributed by atoms with Gasteiger partial charge in [-0.05, 0) is 31.2 Å². The molecule has 0 aromatic heterocycles. The predicted octanol–water partition coefficient (Wildman–Crippen LogP) is 3.35. The van der Waals surface area contributed by atoms with Crippen LogP contribution in [0.1, 0.15) is 45.2 Å². The Kier molecular flexibility index (Phi) is 7.01. The van der Waals surface area contributed by atoms with Gasteiger partial charge in [0.25, 0.3) is 0 Å². The van der Waals surface area contributed by atoms with E-state index >= 15 is 0 Å². The second kappa shape index (κ2) is 8.57. The average Bonchev–Trinajstić information content (AvgIpc) is 2.42. The van der Waals surface area contributed by atoms with Crippen LogP contribution < -0.4 is 10.6 Å². The zero-order chi connectivity index (χ0) is 14.1. The van der Waals surface area contributed by atoms with Gasteiger partial charge in [-0.1, -0.05) is 44.2 Å². The number of benzene rings is 1. The lowest BCUT2D eigenvalue weighted by atomic mass is 10.1. The van der Waals surface area contributed by atoms with Crippen LogP contribution in [0, 0.1) is 5.92 Å². The average molecular weight is 261 g/mol. The molecule has 0 aliphatic heterocycles. The van der Waals surface area contributed by atoms with Crippen molar-refractivity contribution >= 4 is 5.96 Å². The lowest BCUT2D eigenvalue weighted by Crippen LogP contribution is -2.39. The highest BCUT2D eigenvalue weighted by atomic mass is 15.2. The molecule has 0 amide bonds.